The zero-order valence-corrected chi connectivity index (χ0v) is 13.6. The van der Waals surface area contributed by atoms with Gasteiger partial charge in [-0.3, -0.25) is 9.48 Å². The summed E-state index contributed by atoms with van der Waals surface area (Å²) in [6, 6.07) is 9.57. The smallest absolute Gasteiger partial charge is 0.294 e. The number of benzene rings is 1. The third-order valence-corrected chi connectivity index (χ3v) is 4.25. The van der Waals surface area contributed by atoms with Gasteiger partial charge in [-0.15, -0.1) is 0 Å². The van der Waals surface area contributed by atoms with E-state index in [0.717, 1.165) is 16.9 Å². The number of anilines is 1. The molecular weight excluding hydrogens is 304 g/mol. The Morgan fingerprint density at radius 3 is 2.83 bits per heavy atom. The number of para-hydroxylation sites is 1. The van der Waals surface area contributed by atoms with Crippen LogP contribution in [0.15, 0.2) is 41.1 Å². The lowest BCUT2D eigenvalue weighted by atomic mass is 10.1. The van der Waals surface area contributed by atoms with Gasteiger partial charge in [0.15, 0.2) is 0 Å². The van der Waals surface area contributed by atoms with Crippen LogP contribution in [0.25, 0.3) is 11.3 Å². The number of carbonyl (C=O) groups is 1. The monoisotopic (exact) mass is 322 g/mol. The lowest BCUT2D eigenvalue weighted by molar-refractivity contribution is 0.0988. The minimum atomic E-state index is -0.289. The van der Waals surface area contributed by atoms with Gasteiger partial charge in [-0.1, -0.05) is 23.4 Å². The van der Waals surface area contributed by atoms with E-state index in [0.29, 0.717) is 11.6 Å². The van der Waals surface area contributed by atoms with E-state index in [1.807, 2.05) is 38.4 Å². The normalized spacial score (nSPS) is 13.9. The Bertz CT molecular complexity index is 905. The number of carbonyl (C=O) groups excluding carboxylic acids is 1. The summed E-state index contributed by atoms with van der Waals surface area (Å²) >= 11 is 0. The van der Waals surface area contributed by atoms with Crippen molar-refractivity contribution in [2.45, 2.75) is 25.7 Å². The molecule has 0 unspecified atom stereocenters. The Kier molecular flexibility index (Phi) is 3.45. The summed E-state index contributed by atoms with van der Waals surface area (Å²) in [7, 11) is 1.85. The van der Waals surface area contributed by atoms with Crippen LogP contribution < -0.4 is 5.32 Å². The maximum Gasteiger partial charge on any atom is 0.294 e. The molecule has 24 heavy (non-hydrogen) atoms. The average molecular weight is 322 g/mol. The van der Waals surface area contributed by atoms with Crippen LogP contribution >= 0.6 is 0 Å². The van der Waals surface area contributed by atoms with E-state index >= 15 is 0 Å². The number of hydrogen-bond donors (Lipinski definition) is 1. The molecular formula is C18H18N4O2. The molecule has 0 spiro atoms. The predicted octanol–water partition coefficient (Wildman–Crippen LogP) is 3.51. The second-order valence-electron chi connectivity index (χ2n) is 6.19. The Morgan fingerprint density at radius 2 is 2.12 bits per heavy atom. The van der Waals surface area contributed by atoms with Crippen molar-refractivity contribution < 1.29 is 9.32 Å². The first-order valence-electron chi connectivity index (χ1n) is 7.99. The molecule has 1 amide bonds. The minimum Gasteiger partial charge on any atom is -0.350 e. The van der Waals surface area contributed by atoms with E-state index in [1.165, 1.54) is 18.4 Å². The zero-order chi connectivity index (χ0) is 16.7. The standard InChI is InChI=1S/C18H18N4O2/c1-11-14(10-22(2)20-11)16-9-17(24-21-16)18(23)19-15-6-4-3-5-13(15)12-7-8-12/h3-6,9-10,12H,7-8H2,1-2H3,(H,19,23). The van der Waals surface area contributed by atoms with Crippen molar-refractivity contribution in [2.24, 2.45) is 7.05 Å². The van der Waals surface area contributed by atoms with Crippen molar-refractivity contribution in [3.05, 3.63) is 53.5 Å². The van der Waals surface area contributed by atoms with Gasteiger partial charge in [-0.05, 0) is 37.3 Å². The number of hydrogen-bond acceptors (Lipinski definition) is 4. The second-order valence-corrected chi connectivity index (χ2v) is 6.19. The van der Waals surface area contributed by atoms with Gasteiger partial charge in [-0.2, -0.15) is 5.10 Å². The van der Waals surface area contributed by atoms with Crippen molar-refractivity contribution in [1.82, 2.24) is 14.9 Å². The quantitative estimate of drug-likeness (QED) is 0.797. The van der Waals surface area contributed by atoms with Gasteiger partial charge in [0.05, 0.1) is 5.69 Å². The third-order valence-electron chi connectivity index (χ3n) is 4.25. The number of aromatic nitrogens is 3. The van der Waals surface area contributed by atoms with Gasteiger partial charge in [-0.25, -0.2) is 0 Å². The molecule has 2 aromatic heterocycles. The molecule has 2 heterocycles. The molecule has 4 rings (SSSR count). The van der Waals surface area contributed by atoms with Crippen LogP contribution in [0, 0.1) is 6.92 Å². The van der Waals surface area contributed by atoms with Crippen molar-refractivity contribution in [3.63, 3.8) is 0 Å². The molecule has 122 valence electrons. The molecule has 3 aromatic rings. The molecule has 6 nitrogen and oxygen atoms in total. The highest BCUT2D eigenvalue weighted by molar-refractivity contribution is 6.03. The van der Waals surface area contributed by atoms with Crippen LogP contribution in [0.5, 0.6) is 0 Å². The predicted molar refractivity (Wildman–Crippen MR) is 89.8 cm³/mol. The van der Waals surface area contributed by atoms with Gasteiger partial charge < -0.3 is 9.84 Å². The summed E-state index contributed by atoms with van der Waals surface area (Å²) in [5.41, 5.74) is 4.35. The van der Waals surface area contributed by atoms with E-state index in [2.05, 4.69) is 21.6 Å². The highest BCUT2D eigenvalue weighted by Crippen LogP contribution is 2.43. The molecule has 0 saturated heterocycles. The van der Waals surface area contributed by atoms with Crippen LogP contribution in [0.4, 0.5) is 5.69 Å². The topological polar surface area (TPSA) is 73.0 Å². The Morgan fingerprint density at radius 1 is 1.33 bits per heavy atom. The van der Waals surface area contributed by atoms with Crippen molar-refractivity contribution in [1.29, 1.82) is 0 Å². The molecule has 0 bridgehead atoms. The number of rotatable bonds is 4. The summed E-state index contributed by atoms with van der Waals surface area (Å²) in [6.07, 6.45) is 4.22. The van der Waals surface area contributed by atoms with E-state index in [1.54, 1.807) is 10.7 Å². The SMILES string of the molecule is Cc1nn(C)cc1-c1cc(C(=O)Nc2ccccc2C2CC2)on1. The fraction of sp³-hybridized carbons (Fsp3) is 0.278. The first-order valence-corrected chi connectivity index (χ1v) is 7.99. The third kappa shape index (κ3) is 2.71. The summed E-state index contributed by atoms with van der Waals surface area (Å²) in [5.74, 6) is 0.465. The molecule has 6 heteroatoms. The molecule has 1 saturated carbocycles. The van der Waals surface area contributed by atoms with Gasteiger partial charge in [0, 0.05) is 30.6 Å². The fourth-order valence-corrected chi connectivity index (χ4v) is 2.91. The number of amides is 1. The molecule has 1 aromatic carbocycles. The summed E-state index contributed by atoms with van der Waals surface area (Å²) in [6.45, 7) is 1.90. The van der Waals surface area contributed by atoms with Crippen LogP contribution in [-0.2, 0) is 7.05 Å². The largest absolute Gasteiger partial charge is 0.350 e. The number of aryl methyl sites for hydroxylation is 2. The molecule has 1 fully saturated rings. The maximum absolute atomic E-state index is 12.5. The van der Waals surface area contributed by atoms with Crippen molar-refractivity contribution in [2.75, 3.05) is 5.32 Å². The van der Waals surface area contributed by atoms with Gasteiger partial charge in [0.25, 0.3) is 5.91 Å². The first-order chi connectivity index (χ1) is 11.6. The molecule has 1 aliphatic carbocycles. The van der Waals surface area contributed by atoms with Gasteiger partial charge in [0.1, 0.15) is 5.69 Å². The lowest BCUT2D eigenvalue weighted by Crippen LogP contribution is -2.12. The molecule has 0 atom stereocenters. The zero-order valence-electron chi connectivity index (χ0n) is 13.6. The molecule has 0 aliphatic heterocycles. The maximum atomic E-state index is 12.5. The summed E-state index contributed by atoms with van der Waals surface area (Å²) in [4.78, 5) is 12.5. The Hall–Kier alpha value is -2.89. The molecule has 1 aliphatic rings. The van der Waals surface area contributed by atoms with Gasteiger partial charge in [0.2, 0.25) is 5.76 Å². The van der Waals surface area contributed by atoms with E-state index in [9.17, 15) is 4.79 Å². The summed E-state index contributed by atoms with van der Waals surface area (Å²) < 4.78 is 6.95. The van der Waals surface area contributed by atoms with Crippen LogP contribution in [0.3, 0.4) is 0 Å². The Labute approximate surface area is 139 Å². The van der Waals surface area contributed by atoms with Crippen LogP contribution in [0.1, 0.15) is 40.6 Å². The van der Waals surface area contributed by atoms with E-state index in [4.69, 9.17) is 4.52 Å². The van der Waals surface area contributed by atoms with Crippen LogP contribution in [-0.4, -0.2) is 20.8 Å². The Balaban J connectivity index is 1.57. The number of nitrogens with zero attached hydrogens (tertiary/aromatic N) is 3. The highest BCUT2D eigenvalue weighted by atomic mass is 16.5. The highest BCUT2D eigenvalue weighted by Gasteiger charge is 2.26. The second kappa shape index (κ2) is 5.63. The van der Waals surface area contributed by atoms with Crippen LogP contribution in [0.2, 0.25) is 0 Å². The van der Waals surface area contributed by atoms with Crippen molar-refractivity contribution >= 4 is 11.6 Å². The minimum absolute atomic E-state index is 0.193. The molecule has 0 radical (unpaired) electrons. The van der Waals surface area contributed by atoms with Gasteiger partial charge >= 0.3 is 0 Å². The van der Waals surface area contributed by atoms with E-state index in [-0.39, 0.29) is 11.7 Å². The number of nitrogens with one attached hydrogen (secondary N) is 1. The average Bonchev–Trinajstić information content (AvgIpc) is 3.19. The first kappa shape index (κ1) is 14.7. The lowest BCUT2D eigenvalue weighted by Gasteiger charge is -2.08. The van der Waals surface area contributed by atoms with Crippen molar-refractivity contribution in [3.8, 4) is 11.3 Å². The summed E-state index contributed by atoms with van der Waals surface area (Å²) in [5, 5.41) is 11.2. The van der Waals surface area contributed by atoms with E-state index < -0.39 is 0 Å². The molecule has 1 N–H and O–H groups in total. The fourth-order valence-electron chi connectivity index (χ4n) is 2.91.